The van der Waals surface area contributed by atoms with E-state index in [1.165, 1.54) is 5.12 Å². The monoisotopic (exact) mass is 482 g/mol. The van der Waals surface area contributed by atoms with Crippen LogP contribution < -0.4 is 10.9 Å². The summed E-state index contributed by atoms with van der Waals surface area (Å²) in [7, 11) is 1.87. The molecule has 0 bridgehead atoms. The van der Waals surface area contributed by atoms with E-state index in [0.29, 0.717) is 18.8 Å². The lowest BCUT2D eigenvalue weighted by Gasteiger charge is -2.35. The first-order chi connectivity index (χ1) is 17.5. The van der Waals surface area contributed by atoms with Crippen LogP contribution in [0.5, 0.6) is 0 Å². The van der Waals surface area contributed by atoms with Crippen molar-refractivity contribution in [1.82, 2.24) is 10.1 Å². The van der Waals surface area contributed by atoms with Gasteiger partial charge in [-0.2, -0.15) is 0 Å². The number of para-hydroxylation sites is 1. The number of nitrogens with zero attached hydrogens (tertiary/aromatic N) is 3. The molecule has 6 nitrogen and oxygen atoms in total. The summed E-state index contributed by atoms with van der Waals surface area (Å²) in [4.78, 5) is 18.8. The van der Waals surface area contributed by atoms with Crippen LogP contribution in [0.15, 0.2) is 85.1 Å². The molecular weight excluding hydrogens is 448 g/mol. The highest BCUT2D eigenvalue weighted by atomic mass is 16.3. The lowest BCUT2D eigenvalue weighted by atomic mass is 9.84. The maximum Gasteiger partial charge on any atom is 0.162 e. The molecule has 3 atom stereocenters. The second kappa shape index (κ2) is 10.7. The second-order valence-corrected chi connectivity index (χ2v) is 9.94. The first-order valence-electron chi connectivity index (χ1n) is 12.8. The minimum Gasteiger partial charge on any atom is -0.392 e. The summed E-state index contributed by atoms with van der Waals surface area (Å²) < 4.78 is 0. The first-order valence-corrected chi connectivity index (χ1v) is 12.8. The number of hydrazine groups is 2. The number of benzene rings is 2. The summed E-state index contributed by atoms with van der Waals surface area (Å²) in [6.45, 7) is 0. The maximum atomic E-state index is 14.2. The van der Waals surface area contributed by atoms with Gasteiger partial charge < -0.3 is 5.11 Å². The van der Waals surface area contributed by atoms with E-state index in [0.717, 1.165) is 47.3 Å². The zero-order valence-electron chi connectivity index (χ0n) is 20.7. The van der Waals surface area contributed by atoms with Crippen molar-refractivity contribution in [3.8, 4) is 0 Å². The number of Topliss-reactive ketones (excluding diaryl/α,β-unsaturated/α-hetero) is 1. The molecule has 1 aromatic heterocycles. The number of pyridine rings is 1. The molecule has 2 aromatic carbocycles. The van der Waals surface area contributed by atoms with Crippen LogP contribution in [0.4, 0.5) is 5.69 Å². The number of hydrogen-bond acceptors (Lipinski definition) is 6. The molecule has 2 heterocycles. The predicted molar refractivity (Wildman–Crippen MR) is 143 cm³/mol. The summed E-state index contributed by atoms with van der Waals surface area (Å²) in [6, 6.07) is 23.1. The number of aliphatic hydroxyl groups is 1. The number of aryl methyl sites for hydroxylation is 1. The Morgan fingerprint density at radius 3 is 2.50 bits per heavy atom. The number of nitrogens with two attached hydrogens (primary N) is 1. The molecule has 1 aliphatic carbocycles. The highest BCUT2D eigenvalue weighted by molar-refractivity contribution is 5.94. The number of hydrogen-bond donors (Lipinski definition) is 2. The Labute approximate surface area is 213 Å². The van der Waals surface area contributed by atoms with Crippen LogP contribution in [-0.4, -0.2) is 40.2 Å². The highest BCUT2D eigenvalue weighted by Crippen LogP contribution is 2.39. The standard InChI is InChI=1S/C30H34N4O2/c1-33-27-13-6-5-11-23(27)24(26-12-7-8-18-32-26)20-28(34(33)31)30(36)25(19-22-14-15-22)29(35)17-16-21-9-3-2-4-10-21/h2-13,18,20,22,25,28-29,35H,14-17,19,31H2,1H3. The minimum absolute atomic E-state index is 0.0435. The Bertz CT molecular complexity index is 1210. The van der Waals surface area contributed by atoms with Crippen molar-refractivity contribution < 1.29 is 9.90 Å². The van der Waals surface area contributed by atoms with Gasteiger partial charge in [0.05, 0.1) is 17.5 Å². The van der Waals surface area contributed by atoms with Crippen LogP contribution in [0.3, 0.4) is 0 Å². The van der Waals surface area contributed by atoms with Crippen molar-refractivity contribution in [2.24, 2.45) is 17.7 Å². The van der Waals surface area contributed by atoms with E-state index in [1.807, 2.05) is 78.8 Å². The normalized spacial score (nSPS) is 19.7. The third kappa shape index (κ3) is 5.26. The van der Waals surface area contributed by atoms with Crippen LogP contribution in [0.1, 0.15) is 42.5 Å². The Kier molecular flexibility index (Phi) is 7.28. The number of anilines is 1. The molecule has 186 valence electrons. The molecule has 1 fully saturated rings. The van der Waals surface area contributed by atoms with Crippen molar-refractivity contribution in [2.75, 3.05) is 12.1 Å². The van der Waals surface area contributed by atoms with Gasteiger partial charge >= 0.3 is 0 Å². The molecule has 2 aliphatic rings. The fourth-order valence-electron chi connectivity index (χ4n) is 5.13. The molecule has 0 amide bonds. The van der Waals surface area contributed by atoms with E-state index in [2.05, 4.69) is 17.1 Å². The van der Waals surface area contributed by atoms with Crippen LogP contribution >= 0.6 is 0 Å². The number of ketones is 1. The lowest BCUT2D eigenvalue weighted by molar-refractivity contribution is -0.131. The molecular formula is C30H34N4O2. The number of aliphatic hydroxyl groups excluding tert-OH is 1. The molecule has 3 unspecified atom stereocenters. The summed E-state index contributed by atoms with van der Waals surface area (Å²) in [6.07, 6.45) is 7.16. The number of aromatic nitrogens is 1. The zero-order valence-corrected chi connectivity index (χ0v) is 20.7. The van der Waals surface area contributed by atoms with Crippen molar-refractivity contribution in [3.63, 3.8) is 0 Å². The topological polar surface area (TPSA) is 82.7 Å². The second-order valence-electron chi connectivity index (χ2n) is 9.94. The largest absolute Gasteiger partial charge is 0.392 e. The predicted octanol–water partition coefficient (Wildman–Crippen LogP) is 4.40. The molecule has 5 rings (SSSR count). The Morgan fingerprint density at radius 2 is 1.78 bits per heavy atom. The van der Waals surface area contributed by atoms with Gasteiger partial charge in [0.15, 0.2) is 5.78 Å². The smallest absolute Gasteiger partial charge is 0.162 e. The maximum absolute atomic E-state index is 14.2. The summed E-state index contributed by atoms with van der Waals surface area (Å²) in [5, 5.41) is 14.6. The van der Waals surface area contributed by atoms with Gasteiger partial charge in [-0.1, -0.05) is 67.4 Å². The molecule has 6 heteroatoms. The van der Waals surface area contributed by atoms with E-state index in [4.69, 9.17) is 5.84 Å². The average molecular weight is 483 g/mol. The van der Waals surface area contributed by atoms with Gasteiger partial charge in [0.1, 0.15) is 6.04 Å². The Hall–Kier alpha value is -3.32. The van der Waals surface area contributed by atoms with Crippen LogP contribution in [0.25, 0.3) is 5.57 Å². The third-order valence-electron chi connectivity index (χ3n) is 7.42. The molecule has 36 heavy (non-hydrogen) atoms. The molecule has 0 saturated heterocycles. The van der Waals surface area contributed by atoms with Crippen molar-refractivity contribution in [3.05, 3.63) is 102 Å². The fourth-order valence-corrected chi connectivity index (χ4v) is 5.13. The number of fused-ring (bicyclic) bond motifs is 1. The van der Waals surface area contributed by atoms with E-state index in [-0.39, 0.29) is 5.78 Å². The number of carbonyl (C=O) groups is 1. The number of rotatable bonds is 9. The van der Waals surface area contributed by atoms with Crippen molar-refractivity contribution in [2.45, 2.75) is 44.2 Å². The zero-order chi connectivity index (χ0) is 25.1. The fraction of sp³-hybridized carbons (Fsp3) is 0.333. The van der Waals surface area contributed by atoms with Crippen molar-refractivity contribution in [1.29, 1.82) is 0 Å². The van der Waals surface area contributed by atoms with Crippen LogP contribution in [0.2, 0.25) is 0 Å². The van der Waals surface area contributed by atoms with E-state index >= 15 is 0 Å². The van der Waals surface area contributed by atoms with Crippen molar-refractivity contribution >= 4 is 17.0 Å². The van der Waals surface area contributed by atoms with Gasteiger partial charge in [0, 0.05) is 30.3 Å². The van der Waals surface area contributed by atoms with Gasteiger partial charge in [0.25, 0.3) is 0 Å². The number of carbonyl (C=O) groups excluding carboxylic acids is 1. The molecule has 0 radical (unpaired) electrons. The first kappa shape index (κ1) is 24.4. The molecule has 3 aromatic rings. The molecule has 3 N–H and O–H groups in total. The Balaban J connectivity index is 1.48. The highest BCUT2D eigenvalue weighted by Gasteiger charge is 2.40. The minimum atomic E-state index is -0.727. The van der Waals surface area contributed by atoms with E-state index in [9.17, 15) is 9.90 Å². The van der Waals surface area contributed by atoms with Crippen LogP contribution in [-0.2, 0) is 11.2 Å². The third-order valence-corrected chi connectivity index (χ3v) is 7.42. The molecule has 1 aliphatic heterocycles. The van der Waals surface area contributed by atoms with Gasteiger partial charge in [-0.3, -0.25) is 14.8 Å². The van der Waals surface area contributed by atoms with Gasteiger partial charge in [-0.15, -0.1) is 5.12 Å². The van der Waals surface area contributed by atoms with E-state index in [1.54, 1.807) is 6.20 Å². The lowest BCUT2D eigenvalue weighted by Crippen LogP contribution is -2.56. The van der Waals surface area contributed by atoms with E-state index < -0.39 is 18.1 Å². The summed E-state index contributed by atoms with van der Waals surface area (Å²) in [5.41, 5.74) is 4.68. The molecule has 0 spiro atoms. The SMILES string of the molecule is CN1c2ccccc2C(c2ccccn2)=CC(C(=O)C(CC2CC2)C(O)CCc2ccccc2)N1N. The van der Waals surface area contributed by atoms with Gasteiger partial charge in [0.2, 0.25) is 0 Å². The quantitative estimate of drug-likeness (QED) is 0.440. The van der Waals surface area contributed by atoms with Crippen LogP contribution in [0, 0.1) is 11.8 Å². The molecule has 1 saturated carbocycles. The Morgan fingerprint density at radius 1 is 1.06 bits per heavy atom. The van der Waals surface area contributed by atoms with Gasteiger partial charge in [-0.25, -0.2) is 5.84 Å². The summed E-state index contributed by atoms with van der Waals surface area (Å²) in [5.74, 6) is 6.59. The average Bonchev–Trinajstić information content (AvgIpc) is 3.76. The van der Waals surface area contributed by atoms with Gasteiger partial charge in [-0.05, 0) is 55.0 Å². The summed E-state index contributed by atoms with van der Waals surface area (Å²) >= 11 is 0.